The van der Waals surface area contributed by atoms with Crippen LogP contribution in [0.3, 0.4) is 0 Å². The number of aromatic nitrogens is 1. The first-order chi connectivity index (χ1) is 7.13. The van der Waals surface area contributed by atoms with Crippen molar-refractivity contribution in [3.8, 4) is 0 Å². The summed E-state index contributed by atoms with van der Waals surface area (Å²) in [7, 11) is 2.05. The Bertz CT molecular complexity index is 338. The van der Waals surface area contributed by atoms with E-state index >= 15 is 0 Å². The van der Waals surface area contributed by atoms with Gasteiger partial charge in [-0.15, -0.1) is 0 Å². The van der Waals surface area contributed by atoms with Gasteiger partial charge in [0.1, 0.15) is 0 Å². The van der Waals surface area contributed by atoms with E-state index < -0.39 is 0 Å². The van der Waals surface area contributed by atoms with Gasteiger partial charge < -0.3 is 9.88 Å². The summed E-state index contributed by atoms with van der Waals surface area (Å²) in [5.74, 6) is 1.51. The summed E-state index contributed by atoms with van der Waals surface area (Å²) in [6.45, 7) is 7.95. The molecule has 0 fully saturated rings. The van der Waals surface area contributed by atoms with Crippen molar-refractivity contribution >= 4 is 0 Å². The minimum absolute atomic E-state index is 0.584. The molecule has 0 radical (unpaired) electrons. The smallest absolute Gasteiger partial charge is 0.0274 e. The fraction of sp³-hybridized carbons (Fsp3) is 0.692. The van der Waals surface area contributed by atoms with Gasteiger partial charge in [0.05, 0.1) is 0 Å². The summed E-state index contributed by atoms with van der Waals surface area (Å²) in [5, 5.41) is 3.31. The number of rotatable bonds is 3. The molecule has 2 heteroatoms. The third-order valence-corrected chi connectivity index (χ3v) is 3.61. The molecule has 2 atom stereocenters. The zero-order valence-corrected chi connectivity index (χ0v) is 10.2. The second kappa shape index (κ2) is 4.01. The minimum atomic E-state index is 0.584. The summed E-state index contributed by atoms with van der Waals surface area (Å²) >= 11 is 0. The maximum absolute atomic E-state index is 3.31. The molecule has 0 aliphatic heterocycles. The maximum Gasteiger partial charge on any atom is 0.0274 e. The van der Waals surface area contributed by atoms with Crippen molar-refractivity contribution in [2.45, 2.75) is 39.2 Å². The SMILES string of the molecule is CNCC1c2cn(C(C)C)cc2CC1C. The topological polar surface area (TPSA) is 17.0 Å². The molecule has 84 valence electrons. The first-order valence-corrected chi connectivity index (χ1v) is 5.98. The first-order valence-electron chi connectivity index (χ1n) is 5.98. The van der Waals surface area contributed by atoms with Crippen LogP contribution in [0.15, 0.2) is 12.4 Å². The lowest BCUT2D eigenvalue weighted by Crippen LogP contribution is -2.19. The van der Waals surface area contributed by atoms with Gasteiger partial charge in [-0.1, -0.05) is 6.92 Å². The molecule has 1 aliphatic rings. The molecule has 0 amide bonds. The molecule has 1 N–H and O–H groups in total. The van der Waals surface area contributed by atoms with E-state index in [-0.39, 0.29) is 0 Å². The van der Waals surface area contributed by atoms with Crippen LogP contribution in [0.5, 0.6) is 0 Å². The lowest BCUT2D eigenvalue weighted by atomic mass is 9.95. The van der Waals surface area contributed by atoms with E-state index in [1.807, 2.05) is 7.05 Å². The van der Waals surface area contributed by atoms with E-state index in [2.05, 4.69) is 43.0 Å². The van der Waals surface area contributed by atoms with Crippen molar-refractivity contribution in [2.75, 3.05) is 13.6 Å². The van der Waals surface area contributed by atoms with E-state index in [0.717, 1.165) is 12.5 Å². The number of likely N-dealkylation sites (N-methyl/N-ethyl adjacent to an activating group) is 1. The van der Waals surface area contributed by atoms with Gasteiger partial charge in [-0.3, -0.25) is 0 Å². The van der Waals surface area contributed by atoms with Crippen LogP contribution in [0.4, 0.5) is 0 Å². The van der Waals surface area contributed by atoms with Crippen molar-refractivity contribution in [2.24, 2.45) is 5.92 Å². The Kier molecular flexibility index (Phi) is 2.87. The minimum Gasteiger partial charge on any atom is -0.351 e. The number of nitrogens with one attached hydrogen (secondary N) is 1. The van der Waals surface area contributed by atoms with Crippen LogP contribution in [-0.4, -0.2) is 18.2 Å². The Morgan fingerprint density at radius 1 is 1.47 bits per heavy atom. The first kappa shape index (κ1) is 10.7. The molecule has 2 rings (SSSR count). The number of hydrogen-bond donors (Lipinski definition) is 1. The lowest BCUT2D eigenvalue weighted by Gasteiger charge is -2.16. The van der Waals surface area contributed by atoms with Crippen molar-refractivity contribution in [1.29, 1.82) is 0 Å². The zero-order chi connectivity index (χ0) is 11.0. The summed E-state index contributed by atoms with van der Waals surface area (Å²) in [5.41, 5.74) is 3.14. The van der Waals surface area contributed by atoms with E-state index in [9.17, 15) is 0 Å². The molecule has 1 aliphatic carbocycles. The van der Waals surface area contributed by atoms with Crippen LogP contribution in [0.2, 0.25) is 0 Å². The molecule has 2 nitrogen and oxygen atoms in total. The molecule has 0 aromatic carbocycles. The third kappa shape index (κ3) is 1.83. The Labute approximate surface area is 92.7 Å². The fourth-order valence-electron chi connectivity index (χ4n) is 2.66. The number of hydrogen-bond acceptors (Lipinski definition) is 1. The monoisotopic (exact) mass is 206 g/mol. The quantitative estimate of drug-likeness (QED) is 0.804. The predicted octanol–water partition coefficient (Wildman–Crippen LogP) is 2.56. The Balaban J connectivity index is 2.26. The average molecular weight is 206 g/mol. The van der Waals surface area contributed by atoms with Crippen LogP contribution in [-0.2, 0) is 6.42 Å². The Morgan fingerprint density at radius 3 is 2.80 bits per heavy atom. The largest absolute Gasteiger partial charge is 0.351 e. The molecule has 1 aromatic rings. The summed E-state index contributed by atoms with van der Waals surface area (Å²) in [4.78, 5) is 0. The molecule has 0 saturated carbocycles. The van der Waals surface area contributed by atoms with Crippen molar-refractivity contribution in [1.82, 2.24) is 9.88 Å². The van der Waals surface area contributed by atoms with Gasteiger partial charge in [-0.05, 0) is 44.4 Å². The molecule has 2 unspecified atom stereocenters. The van der Waals surface area contributed by atoms with Gasteiger partial charge in [0.2, 0.25) is 0 Å². The van der Waals surface area contributed by atoms with Crippen LogP contribution < -0.4 is 5.32 Å². The zero-order valence-electron chi connectivity index (χ0n) is 10.2. The average Bonchev–Trinajstić information content (AvgIpc) is 2.67. The van der Waals surface area contributed by atoms with E-state index in [0.29, 0.717) is 12.0 Å². The van der Waals surface area contributed by atoms with Crippen LogP contribution in [0, 0.1) is 5.92 Å². The van der Waals surface area contributed by atoms with Crippen molar-refractivity contribution < 1.29 is 0 Å². The highest BCUT2D eigenvalue weighted by atomic mass is 15.0. The number of fused-ring (bicyclic) bond motifs is 1. The van der Waals surface area contributed by atoms with Gasteiger partial charge >= 0.3 is 0 Å². The lowest BCUT2D eigenvalue weighted by molar-refractivity contribution is 0.472. The maximum atomic E-state index is 3.31. The van der Waals surface area contributed by atoms with Gasteiger partial charge in [-0.25, -0.2) is 0 Å². The van der Waals surface area contributed by atoms with Gasteiger partial charge in [0, 0.05) is 30.9 Å². The summed E-state index contributed by atoms with van der Waals surface area (Å²) in [6, 6.07) is 0.584. The van der Waals surface area contributed by atoms with E-state index in [4.69, 9.17) is 0 Å². The van der Waals surface area contributed by atoms with E-state index in [1.165, 1.54) is 6.42 Å². The van der Waals surface area contributed by atoms with Gasteiger partial charge in [0.15, 0.2) is 0 Å². The van der Waals surface area contributed by atoms with Crippen LogP contribution in [0.1, 0.15) is 43.9 Å². The Hall–Kier alpha value is -0.760. The highest BCUT2D eigenvalue weighted by Gasteiger charge is 2.30. The van der Waals surface area contributed by atoms with E-state index in [1.54, 1.807) is 11.1 Å². The molecular formula is C13H22N2. The predicted molar refractivity (Wildman–Crippen MR) is 64.4 cm³/mol. The molecule has 0 spiro atoms. The summed E-state index contributed by atoms with van der Waals surface area (Å²) in [6.07, 6.45) is 5.94. The van der Waals surface area contributed by atoms with Crippen LogP contribution >= 0.6 is 0 Å². The second-order valence-corrected chi connectivity index (χ2v) is 5.13. The fourth-order valence-corrected chi connectivity index (χ4v) is 2.66. The highest BCUT2D eigenvalue weighted by Crippen LogP contribution is 2.38. The Morgan fingerprint density at radius 2 is 2.20 bits per heavy atom. The molecular weight excluding hydrogens is 184 g/mol. The van der Waals surface area contributed by atoms with Crippen molar-refractivity contribution in [3.05, 3.63) is 23.5 Å². The molecule has 15 heavy (non-hydrogen) atoms. The molecule has 0 saturated heterocycles. The van der Waals surface area contributed by atoms with Crippen LogP contribution in [0.25, 0.3) is 0 Å². The molecule has 1 heterocycles. The molecule has 0 bridgehead atoms. The highest BCUT2D eigenvalue weighted by molar-refractivity contribution is 5.35. The van der Waals surface area contributed by atoms with Crippen molar-refractivity contribution in [3.63, 3.8) is 0 Å². The van der Waals surface area contributed by atoms with Gasteiger partial charge in [0.25, 0.3) is 0 Å². The number of nitrogens with zero attached hydrogens (tertiary/aromatic N) is 1. The third-order valence-electron chi connectivity index (χ3n) is 3.61. The van der Waals surface area contributed by atoms with Gasteiger partial charge in [-0.2, -0.15) is 0 Å². The summed E-state index contributed by atoms with van der Waals surface area (Å²) < 4.78 is 2.35. The molecule has 1 aromatic heterocycles. The second-order valence-electron chi connectivity index (χ2n) is 5.13. The normalized spacial score (nSPS) is 24.9. The standard InChI is InChI=1S/C13H22N2/c1-9(2)15-7-11-5-10(3)12(6-14-4)13(11)8-15/h7-10,12,14H,5-6H2,1-4H3.